The number of ether oxygens (including phenoxy) is 3. The number of methoxy groups -OCH3 is 1. The molecule has 5 atom stereocenters. The number of hydrogen-bond donors (Lipinski definition) is 9. The van der Waals surface area contributed by atoms with Gasteiger partial charge in [-0.2, -0.15) is 0 Å². The van der Waals surface area contributed by atoms with Gasteiger partial charge in [-0.3, -0.25) is 14.6 Å². The highest BCUT2D eigenvalue weighted by Gasteiger charge is 2.55. The Morgan fingerprint density at radius 3 is 2.58 bits per heavy atom. The molecule has 3 aliphatic rings. The summed E-state index contributed by atoms with van der Waals surface area (Å²) in [6.07, 6.45) is -2.45. The Hall–Kier alpha value is -5.00. The van der Waals surface area contributed by atoms with Gasteiger partial charge in [0.25, 0.3) is 0 Å². The molecule has 16 nitrogen and oxygen atoms in total. The maximum atomic E-state index is 14.2. The number of hydrogen-bond acceptors (Lipinski definition) is 14. The van der Waals surface area contributed by atoms with Crippen LogP contribution in [0.5, 0.6) is 17.2 Å². The summed E-state index contributed by atoms with van der Waals surface area (Å²) in [4.78, 5) is 43.2. The number of aromatic hydroxyl groups is 1. The van der Waals surface area contributed by atoms with E-state index in [0.717, 1.165) is 5.57 Å². The van der Waals surface area contributed by atoms with Gasteiger partial charge in [-0.05, 0) is 48.6 Å². The number of nitrogens with one attached hydrogen (secondary N) is 2. The second-order valence-electron chi connectivity index (χ2n) is 12.1. The minimum absolute atomic E-state index is 0.0465. The molecular formula is C34H41N5O11. The van der Waals surface area contributed by atoms with Crippen LogP contribution in [0.1, 0.15) is 62.2 Å². The first kappa shape index (κ1) is 36.3. The van der Waals surface area contributed by atoms with Crippen molar-refractivity contribution in [2.45, 2.75) is 62.4 Å². The lowest BCUT2D eigenvalue weighted by atomic mass is 9.79. The number of guanidine groups is 1. The molecule has 0 radical (unpaired) electrons. The van der Waals surface area contributed by atoms with Crippen LogP contribution in [-0.4, -0.2) is 107 Å². The third-order valence-electron chi connectivity index (χ3n) is 9.18. The number of nitrogens with zero attached hydrogens (tertiary/aromatic N) is 1. The average Bonchev–Trinajstić information content (AvgIpc) is 3.11. The Balaban J connectivity index is 1.50. The zero-order chi connectivity index (χ0) is 36.3. The number of carbonyl (C=O) groups is 3. The highest BCUT2D eigenvalue weighted by atomic mass is 16.7. The number of allylic oxidation sites excluding steroid dienone is 2. The minimum atomic E-state index is -2.12. The monoisotopic (exact) mass is 695 g/mol. The smallest absolute Gasteiger partial charge is 0.229 e. The summed E-state index contributed by atoms with van der Waals surface area (Å²) in [7, 11) is 2.77. The van der Waals surface area contributed by atoms with E-state index in [1.54, 1.807) is 6.08 Å². The first-order chi connectivity index (χ1) is 23.9. The van der Waals surface area contributed by atoms with Crippen molar-refractivity contribution in [1.82, 2.24) is 10.6 Å². The van der Waals surface area contributed by atoms with Crippen molar-refractivity contribution in [2.75, 3.05) is 27.3 Å². The quantitative estimate of drug-likeness (QED) is 0.0625. The Morgan fingerprint density at radius 1 is 1.18 bits per heavy atom. The van der Waals surface area contributed by atoms with Gasteiger partial charge < -0.3 is 66.6 Å². The van der Waals surface area contributed by atoms with Crippen LogP contribution >= 0.6 is 0 Å². The molecule has 5 rings (SSSR count). The molecule has 16 heteroatoms. The Labute approximate surface area is 287 Å². The van der Waals surface area contributed by atoms with E-state index in [9.17, 15) is 39.9 Å². The van der Waals surface area contributed by atoms with Crippen molar-refractivity contribution < 1.29 is 54.1 Å². The van der Waals surface area contributed by atoms with E-state index >= 15 is 0 Å². The number of carbonyl (C=O) groups excluding carboxylic acids is 3. The normalized spacial score (nSPS) is 24.7. The molecule has 1 fully saturated rings. The molecule has 1 aliphatic carbocycles. The highest BCUT2D eigenvalue weighted by Crippen LogP contribution is 2.43. The van der Waals surface area contributed by atoms with E-state index in [2.05, 4.69) is 15.6 Å². The zero-order valence-corrected chi connectivity index (χ0v) is 27.5. The van der Waals surface area contributed by atoms with Crippen LogP contribution in [0.2, 0.25) is 0 Å². The molecule has 1 saturated heterocycles. The number of dihydropyridines is 1. The Kier molecular flexibility index (Phi) is 10.8. The lowest BCUT2D eigenvalue weighted by Gasteiger charge is -2.48. The lowest BCUT2D eigenvalue weighted by molar-refractivity contribution is -0.314. The number of nitrogens with two attached hydrogens (primary N) is 2. The fourth-order valence-corrected chi connectivity index (χ4v) is 6.41. The molecule has 5 unspecified atom stereocenters. The van der Waals surface area contributed by atoms with Gasteiger partial charge >= 0.3 is 0 Å². The predicted molar refractivity (Wildman–Crippen MR) is 178 cm³/mol. The van der Waals surface area contributed by atoms with Gasteiger partial charge in [0.1, 0.15) is 47.4 Å². The fourth-order valence-electron chi connectivity index (χ4n) is 6.41. The molecule has 2 aliphatic heterocycles. The van der Waals surface area contributed by atoms with Gasteiger partial charge in [0.2, 0.25) is 12.1 Å². The Morgan fingerprint density at radius 2 is 1.92 bits per heavy atom. The third kappa shape index (κ3) is 6.75. The standard InChI is InChI=1S/C34H41N5O11/c1-37-33(36)39-14-21-17(4-3-9-40)11-19-26(28(21)43)29(44)25-20(27(19)42)12-18(48-2)13-22(25)49-32-30(45)31(46)34(47,23(15-41)50-32)7-5-16-6-8-38-24(35)10-16/h6,9-13,23,30-32,38,41,43,45-47H,3-5,7-8,14-15,35H2,1-2H3,(H3,36,37,39). The summed E-state index contributed by atoms with van der Waals surface area (Å²) in [5.41, 5.74) is 10.0. The number of fused-ring (bicyclic) bond motifs is 2. The van der Waals surface area contributed by atoms with Crippen LogP contribution in [0.25, 0.3) is 0 Å². The van der Waals surface area contributed by atoms with Gasteiger partial charge in [-0.25, -0.2) is 0 Å². The van der Waals surface area contributed by atoms with E-state index in [1.807, 2.05) is 6.08 Å². The number of aliphatic hydroxyl groups excluding tert-OH is 3. The van der Waals surface area contributed by atoms with Crippen LogP contribution in [0.4, 0.5) is 0 Å². The van der Waals surface area contributed by atoms with Crippen molar-refractivity contribution in [1.29, 1.82) is 0 Å². The molecule has 0 saturated carbocycles. The number of aliphatic hydroxyl groups is 4. The van der Waals surface area contributed by atoms with E-state index in [1.165, 1.54) is 32.4 Å². The predicted octanol–water partition coefficient (Wildman–Crippen LogP) is -0.999. The van der Waals surface area contributed by atoms with E-state index < -0.39 is 54.1 Å². The van der Waals surface area contributed by atoms with Gasteiger partial charge in [0, 0.05) is 49.3 Å². The van der Waals surface area contributed by atoms with Crippen LogP contribution in [0.15, 0.2) is 46.7 Å². The van der Waals surface area contributed by atoms with Crippen molar-refractivity contribution in [3.05, 3.63) is 75.1 Å². The maximum absolute atomic E-state index is 14.2. The highest BCUT2D eigenvalue weighted by molar-refractivity contribution is 6.30. The molecule has 50 heavy (non-hydrogen) atoms. The molecule has 2 aromatic carbocycles. The van der Waals surface area contributed by atoms with Gasteiger partial charge in [-0.15, -0.1) is 0 Å². The summed E-state index contributed by atoms with van der Waals surface area (Å²) in [6.45, 7) is -0.391. The first-order valence-corrected chi connectivity index (χ1v) is 15.9. The number of aryl methyl sites for hydroxylation is 1. The molecule has 0 aromatic heterocycles. The van der Waals surface area contributed by atoms with Crippen molar-refractivity contribution in [2.24, 2.45) is 16.5 Å². The molecule has 0 amide bonds. The largest absolute Gasteiger partial charge is 0.507 e. The minimum Gasteiger partial charge on any atom is -0.507 e. The molecule has 2 heterocycles. The van der Waals surface area contributed by atoms with Crippen LogP contribution in [0.3, 0.4) is 0 Å². The van der Waals surface area contributed by atoms with Crippen molar-refractivity contribution >= 4 is 23.8 Å². The molecular weight excluding hydrogens is 654 g/mol. The van der Waals surface area contributed by atoms with Crippen LogP contribution in [-0.2, 0) is 22.5 Å². The fraction of sp³-hybridized carbons (Fsp3) is 0.412. The first-order valence-electron chi connectivity index (χ1n) is 15.9. The molecule has 0 bridgehead atoms. The number of phenolic OH excluding ortho intramolecular Hbond substituents is 1. The SMILES string of the molecule is CN=C(N)NCc1c(CCC=O)cc2c(c1O)C(=O)c1c(OC3OC(CO)C(O)(CCC4=CCNC(N)=C4)C(O)C3O)cc(OC)cc1C2=O. The number of benzene rings is 2. The number of phenols is 1. The molecule has 0 spiro atoms. The number of aliphatic imine (C=N–C) groups is 1. The summed E-state index contributed by atoms with van der Waals surface area (Å²) >= 11 is 0. The van der Waals surface area contributed by atoms with E-state index in [-0.39, 0.29) is 77.5 Å². The summed E-state index contributed by atoms with van der Waals surface area (Å²) in [5.74, 6) is -1.72. The van der Waals surface area contributed by atoms with Gasteiger partial charge in [0.15, 0.2) is 11.7 Å². The molecule has 11 N–H and O–H groups in total. The number of aldehydes is 1. The number of rotatable bonds is 12. The Bertz CT molecular complexity index is 1770. The maximum Gasteiger partial charge on any atom is 0.229 e. The van der Waals surface area contributed by atoms with Crippen molar-refractivity contribution in [3.8, 4) is 17.2 Å². The summed E-state index contributed by atoms with van der Waals surface area (Å²) in [6, 6.07) is 4.03. The van der Waals surface area contributed by atoms with E-state index in [0.29, 0.717) is 24.2 Å². The zero-order valence-electron chi connectivity index (χ0n) is 27.5. The number of ketones is 2. The van der Waals surface area contributed by atoms with Crippen LogP contribution < -0.4 is 31.6 Å². The van der Waals surface area contributed by atoms with Crippen molar-refractivity contribution in [3.63, 3.8) is 0 Å². The van der Waals surface area contributed by atoms with Gasteiger partial charge in [-0.1, -0.05) is 6.08 Å². The molecule has 2 aromatic rings. The lowest BCUT2D eigenvalue weighted by Crippen LogP contribution is -2.67. The topological polar surface area (TPSA) is 269 Å². The second kappa shape index (κ2) is 14.9. The average molecular weight is 696 g/mol. The third-order valence-corrected chi connectivity index (χ3v) is 9.18. The molecule has 268 valence electrons. The summed E-state index contributed by atoms with van der Waals surface area (Å²) in [5, 5.41) is 61.3. The van der Waals surface area contributed by atoms with E-state index in [4.69, 9.17) is 25.7 Å². The van der Waals surface area contributed by atoms with Crippen LogP contribution in [0, 0.1) is 0 Å². The second-order valence-corrected chi connectivity index (χ2v) is 12.1. The summed E-state index contributed by atoms with van der Waals surface area (Å²) < 4.78 is 17.1. The van der Waals surface area contributed by atoms with Gasteiger partial charge in [0.05, 0.1) is 30.7 Å².